The molecule has 2 N–H and O–H groups in total. The van der Waals surface area contributed by atoms with Crippen molar-refractivity contribution in [1.82, 2.24) is 4.98 Å². The first-order chi connectivity index (χ1) is 6.00. The van der Waals surface area contributed by atoms with Crippen molar-refractivity contribution in [2.45, 2.75) is 13.8 Å². The highest BCUT2D eigenvalue weighted by atomic mass is 32.1. The van der Waals surface area contributed by atoms with Gasteiger partial charge in [0.25, 0.3) is 0 Å². The van der Waals surface area contributed by atoms with E-state index < -0.39 is 5.97 Å². The zero-order valence-corrected chi connectivity index (χ0v) is 7.94. The van der Waals surface area contributed by atoms with Crippen LogP contribution in [0, 0.1) is 6.92 Å². The van der Waals surface area contributed by atoms with E-state index in [4.69, 9.17) is 5.11 Å². The minimum Gasteiger partial charge on any atom is -0.476 e. The Morgan fingerprint density at radius 3 is 2.54 bits per heavy atom. The van der Waals surface area contributed by atoms with Crippen molar-refractivity contribution in [1.29, 1.82) is 0 Å². The van der Waals surface area contributed by atoms with Gasteiger partial charge in [0.05, 0.1) is 0 Å². The maximum atomic E-state index is 10.6. The van der Waals surface area contributed by atoms with E-state index in [9.17, 15) is 9.59 Å². The van der Waals surface area contributed by atoms with Crippen LogP contribution in [0.25, 0.3) is 0 Å². The molecule has 1 aromatic rings. The number of aromatic carboxylic acids is 1. The van der Waals surface area contributed by atoms with Crippen molar-refractivity contribution in [3.05, 3.63) is 10.6 Å². The number of thiazole rings is 1. The number of carboxylic acids is 1. The minimum atomic E-state index is -1.08. The van der Waals surface area contributed by atoms with Crippen LogP contribution in [0.15, 0.2) is 0 Å². The molecule has 6 heteroatoms. The molecule has 0 aromatic carbocycles. The third-order valence-corrected chi connectivity index (χ3v) is 2.17. The molecular weight excluding hydrogens is 192 g/mol. The lowest BCUT2D eigenvalue weighted by molar-refractivity contribution is -0.114. The molecule has 5 nitrogen and oxygen atoms in total. The number of amides is 1. The van der Waals surface area contributed by atoms with Gasteiger partial charge >= 0.3 is 5.97 Å². The predicted molar refractivity (Wildman–Crippen MR) is 48.1 cm³/mol. The van der Waals surface area contributed by atoms with Crippen LogP contribution >= 0.6 is 11.3 Å². The monoisotopic (exact) mass is 200 g/mol. The van der Waals surface area contributed by atoms with Gasteiger partial charge in [-0.3, -0.25) is 4.79 Å². The maximum Gasteiger partial charge on any atom is 0.355 e. The van der Waals surface area contributed by atoms with Crippen LogP contribution in [0.4, 0.5) is 5.13 Å². The molecule has 0 bridgehead atoms. The molecule has 0 atom stereocenters. The number of carbonyl (C=O) groups excluding carboxylic acids is 1. The maximum absolute atomic E-state index is 10.6. The van der Waals surface area contributed by atoms with Crippen molar-refractivity contribution in [2.24, 2.45) is 0 Å². The van der Waals surface area contributed by atoms with Gasteiger partial charge in [0.15, 0.2) is 10.8 Å². The van der Waals surface area contributed by atoms with Crippen molar-refractivity contribution in [2.75, 3.05) is 5.32 Å². The highest BCUT2D eigenvalue weighted by Crippen LogP contribution is 2.21. The Bertz CT molecular complexity index is 359. The molecule has 0 spiro atoms. The Morgan fingerprint density at radius 2 is 2.15 bits per heavy atom. The molecule has 0 saturated heterocycles. The summed E-state index contributed by atoms with van der Waals surface area (Å²) >= 11 is 1.15. The first kappa shape index (κ1) is 9.66. The van der Waals surface area contributed by atoms with E-state index in [1.165, 1.54) is 6.92 Å². The Morgan fingerprint density at radius 1 is 1.54 bits per heavy atom. The summed E-state index contributed by atoms with van der Waals surface area (Å²) in [4.78, 5) is 25.5. The van der Waals surface area contributed by atoms with Crippen LogP contribution in [0.2, 0.25) is 0 Å². The third kappa shape index (κ3) is 2.25. The van der Waals surface area contributed by atoms with Crippen molar-refractivity contribution in [3.8, 4) is 0 Å². The van der Waals surface area contributed by atoms with Crippen LogP contribution < -0.4 is 5.32 Å². The molecule has 0 aliphatic rings. The quantitative estimate of drug-likeness (QED) is 0.749. The summed E-state index contributed by atoms with van der Waals surface area (Å²) in [6.07, 6.45) is 0. The van der Waals surface area contributed by atoms with E-state index in [1.54, 1.807) is 6.92 Å². The lowest BCUT2D eigenvalue weighted by Gasteiger charge is -1.91. The van der Waals surface area contributed by atoms with Crippen LogP contribution in [0.5, 0.6) is 0 Å². The van der Waals surface area contributed by atoms with Gasteiger partial charge in [-0.2, -0.15) is 0 Å². The largest absolute Gasteiger partial charge is 0.476 e. The summed E-state index contributed by atoms with van der Waals surface area (Å²) in [6.45, 7) is 2.99. The summed E-state index contributed by atoms with van der Waals surface area (Å²) in [5, 5.41) is 11.4. The fourth-order valence-corrected chi connectivity index (χ4v) is 1.65. The normalized spacial score (nSPS) is 9.69. The number of nitrogens with one attached hydrogen (secondary N) is 1. The molecule has 70 valence electrons. The van der Waals surface area contributed by atoms with E-state index in [0.29, 0.717) is 10.0 Å². The van der Waals surface area contributed by atoms with E-state index in [1.807, 2.05) is 0 Å². The average Bonchev–Trinajstić information content (AvgIpc) is 2.29. The minimum absolute atomic E-state index is 0.00579. The molecule has 1 rings (SSSR count). The number of aromatic nitrogens is 1. The molecule has 0 radical (unpaired) electrons. The Balaban J connectivity index is 2.95. The van der Waals surface area contributed by atoms with Crippen molar-refractivity contribution >= 4 is 28.3 Å². The highest BCUT2D eigenvalue weighted by molar-refractivity contribution is 7.16. The molecular formula is C7H8N2O3S. The Hall–Kier alpha value is -1.43. The smallest absolute Gasteiger partial charge is 0.355 e. The number of carbonyl (C=O) groups is 2. The first-order valence-corrected chi connectivity index (χ1v) is 4.30. The number of aryl methyl sites for hydroxylation is 1. The molecule has 1 heterocycles. The van der Waals surface area contributed by atoms with Gasteiger partial charge in [-0.05, 0) is 6.92 Å². The van der Waals surface area contributed by atoms with E-state index >= 15 is 0 Å². The van der Waals surface area contributed by atoms with E-state index in [0.717, 1.165) is 11.3 Å². The second-order valence-electron chi connectivity index (χ2n) is 2.41. The van der Waals surface area contributed by atoms with Crippen LogP contribution in [0.3, 0.4) is 0 Å². The summed E-state index contributed by atoms with van der Waals surface area (Å²) in [7, 11) is 0. The zero-order chi connectivity index (χ0) is 10.0. The van der Waals surface area contributed by atoms with E-state index in [2.05, 4.69) is 10.3 Å². The second-order valence-corrected chi connectivity index (χ2v) is 3.61. The topological polar surface area (TPSA) is 79.3 Å². The number of hydrogen-bond donors (Lipinski definition) is 2. The molecule has 0 aliphatic heterocycles. The van der Waals surface area contributed by atoms with Gasteiger partial charge in [0, 0.05) is 11.8 Å². The highest BCUT2D eigenvalue weighted by Gasteiger charge is 2.14. The molecule has 13 heavy (non-hydrogen) atoms. The molecule has 1 amide bonds. The predicted octanol–water partition coefficient (Wildman–Crippen LogP) is 1.11. The number of anilines is 1. The number of rotatable bonds is 2. The van der Waals surface area contributed by atoms with Gasteiger partial charge < -0.3 is 10.4 Å². The summed E-state index contributed by atoms with van der Waals surface area (Å²) < 4.78 is 0. The van der Waals surface area contributed by atoms with Gasteiger partial charge in [0.1, 0.15) is 0 Å². The summed E-state index contributed by atoms with van der Waals surface area (Å²) in [5.41, 5.74) is -0.00579. The summed E-state index contributed by atoms with van der Waals surface area (Å²) in [6, 6.07) is 0. The van der Waals surface area contributed by atoms with Crippen LogP contribution in [-0.2, 0) is 4.79 Å². The van der Waals surface area contributed by atoms with Crippen LogP contribution in [-0.4, -0.2) is 22.0 Å². The SMILES string of the molecule is CC(=O)Nc1nc(C(=O)O)c(C)s1. The Labute approximate surface area is 78.4 Å². The third-order valence-electron chi connectivity index (χ3n) is 1.28. The standard InChI is InChI=1S/C7H8N2O3S/c1-3-5(6(11)12)9-7(13-3)8-4(2)10/h1-2H3,(H,11,12)(H,8,9,10). The van der Waals surface area contributed by atoms with Gasteiger partial charge in [0.2, 0.25) is 5.91 Å². The van der Waals surface area contributed by atoms with Crippen molar-refractivity contribution < 1.29 is 14.7 Å². The van der Waals surface area contributed by atoms with Gasteiger partial charge in [-0.15, -0.1) is 11.3 Å². The van der Waals surface area contributed by atoms with E-state index in [-0.39, 0.29) is 11.6 Å². The second kappa shape index (κ2) is 3.53. The first-order valence-electron chi connectivity index (χ1n) is 3.49. The molecule has 0 fully saturated rings. The van der Waals surface area contributed by atoms with Crippen molar-refractivity contribution in [3.63, 3.8) is 0 Å². The lowest BCUT2D eigenvalue weighted by Crippen LogP contribution is -2.06. The number of carboxylic acid groups (broad SMARTS) is 1. The lowest BCUT2D eigenvalue weighted by atomic mass is 10.4. The molecule has 0 unspecified atom stereocenters. The summed E-state index contributed by atoms with van der Waals surface area (Å²) in [5.74, 6) is -1.34. The zero-order valence-electron chi connectivity index (χ0n) is 7.12. The number of nitrogens with zero attached hydrogens (tertiary/aromatic N) is 1. The Kier molecular flexibility index (Phi) is 2.62. The number of hydrogen-bond acceptors (Lipinski definition) is 4. The van der Waals surface area contributed by atoms with Gasteiger partial charge in [-0.1, -0.05) is 0 Å². The van der Waals surface area contributed by atoms with Crippen LogP contribution in [0.1, 0.15) is 22.3 Å². The fraction of sp³-hybridized carbons (Fsp3) is 0.286. The average molecular weight is 200 g/mol. The molecule has 0 aliphatic carbocycles. The molecule has 0 saturated carbocycles. The molecule has 1 aromatic heterocycles. The van der Waals surface area contributed by atoms with Gasteiger partial charge in [-0.25, -0.2) is 9.78 Å². The fourth-order valence-electron chi connectivity index (χ4n) is 0.799.